The predicted octanol–water partition coefficient (Wildman–Crippen LogP) is -1.69. The van der Waals surface area contributed by atoms with Gasteiger partial charge in [-0.25, -0.2) is 0 Å². The van der Waals surface area contributed by atoms with Crippen LogP contribution in [0.25, 0.3) is 0 Å². The van der Waals surface area contributed by atoms with Crippen LogP contribution in [0.5, 0.6) is 0 Å². The van der Waals surface area contributed by atoms with Crippen molar-refractivity contribution in [3.05, 3.63) is 10.1 Å². The quantitative estimate of drug-likeness (QED) is 0.297. The molecule has 0 aromatic rings. The molecule has 0 bridgehead atoms. The molecule has 0 saturated heterocycles. The van der Waals surface area contributed by atoms with E-state index in [2.05, 4.69) is 0 Å². The molecule has 4 nitrogen and oxygen atoms in total. The zero-order valence-electron chi connectivity index (χ0n) is 5.13. The zero-order valence-corrected chi connectivity index (χ0v) is 8.58. The first kappa shape index (κ1) is 15.9. The average molecular weight is 214 g/mol. The van der Waals surface area contributed by atoms with Crippen molar-refractivity contribution in [1.82, 2.24) is 0 Å². The minimum atomic E-state index is -1.50. The number of nitrogens with zero attached hydrogens (tertiary/aromatic N) is 1. The molecule has 0 rings (SSSR count). The molecule has 0 heterocycles. The molecule has 0 amide bonds. The summed E-state index contributed by atoms with van der Waals surface area (Å²) in [5, 5.41) is 13.6. The van der Waals surface area contributed by atoms with E-state index in [0.29, 0.717) is 0 Å². The minimum absolute atomic E-state index is 0. The predicted molar refractivity (Wildman–Crippen MR) is 26.7 cm³/mol. The van der Waals surface area contributed by atoms with Gasteiger partial charge in [0.1, 0.15) is 0 Å². The number of rotatable bonds is 0. The van der Waals surface area contributed by atoms with Crippen molar-refractivity contribution in [2.75, 3.05) is 0 Å². The van der Waals surface area contributed by atoms with Gasteiger partial charge in [0, 0.05) is 0 Å². The molecular formula is H6MgNO3Sb. The fourth-order valence-corrected chi connectivity index (χ4v) is 0. The second-order valence-electron chi connectivity index (χ2n) is 0.238. The Morgan fingerprint density at radius 1 is 1.83 bits per heavy atom. The number of hydrogen-bond acceptors (Lipinski definition) is 2. The molecule has 0 atom stereocenters. The second kappa shape index (κ2) is 9.25. The molecule has 0 spiro atoms. The Kier molecular flexibility index (Phi) is 24.4. The summed E-state index contributed by atoms with van der Waals surface area (Å²) in [6, 6.07) is 0. The number of hydrogen-bond donors (Lipinski definition) is 1. The van der Waals surface area contributed by atoms with Crippen LogP contribution in [0.15, 0.2) is 0 Å². The Morgan fingerprint density at radius 3 is 1.83 bits per heavy atom. The van der Waals surface area contributed by atoms with Crippen LogP contribution in [-0.2, 0) is 0 Å². The summed E-state index contributed by atoms with van der Waals surface area (Å²) >= 11 is 0. The van der Waals surface area contributed by atoms with Crippen molar-refractivity contribution in [3.63, 3.8) is 0 Å². The maximum absolute atomic E-state index is 8.36. The molecule has 0 aromatic heterocycles. The summed E-state index contributed by atoms with van der Waals surface area (Å²) in [5.41, 5.74) is 0. The van der Waals surface area contributed by atoms with Crippen LogP contribution in [0.2, 0.25) is 0 Å². The third-order valence-corrected chi connectivity index (χ3v) is 0. The van der Waals surface area contributed by atoms with Gasteiger partial charge in [0.15, 0.2) is 0 Å². The van der Waals surface area contributed by atoms with E-state index < -0.39 is 5.09 Å². The van der Waals surface area contributed by atoms with Crippen LogP contribution < -0.4 is 0 Å². The van der Waals surface area contributed by atoms with Crippen molar-refractivity contribution >= 4 is 47.5 Å². The van der Waals surface area contributed by atoms with Crippen molar-refractivity contribution in [1.29, 1.82) is 0 Å². The summed E-state index contributed by atoms with van der Waals surface area (Å²) in [6.07, 6.45) is 0. The average Bonchev–Trinajstić information content (AvgIpc) is 0.811. The molecule has 6 heavy (non-hydrogen) atoms. The summed E-state index contributed by atoms with van der Waals surface area (Å²) in [4.78, 5) is 8.36. The molecule has 1 N–H and O–H groups in total. The first-order valence-electron chi connectivity index (χ1n) is 0.565. The van der Waals surface area contributed by atoms with Gasteiger partial charge in [-0.15, -0.1) is 10.1 Å². The molecule has 0 fully saturated rings. The van der Waals surface area contributed by atoms with Crippen LogP contribution in [0.3, 0.4) is 0 Å². The van der Waals surface area contributed by atoms with Gasteiger partial charge in [0.05, 0.1) is 0 Å². The van der Waals surface area contributed by atoms with Gasteiger partial charge in [0.2, 0.25) is 0 Å². The van der Waals surface area contributed by atoms with E-state index in [1.54, 1.807) is 0 Å². The molecule has 0 aliphatic rings. The molecule has 6 heteroatoms. The molecule has 0 unspecified atom stereocenters. The summed E-state index contributed by atoms with van der Waals surface area (Å²) in [5.74, 6) is 0. The molecule has 0 saturated carbocycles. The normalized spacial score (nSPS) is 4.00. The summed E-state index contributed by atoms with van der Waals surface area (Å²) in [7, 11) is 0. The van der Waals surface area contributed by atoms with Crippen LogP contribution >= 0.6 is 0 Å². The standard InChI is InChI=1S/Mg.HNO3.Sb.5H/c;2-1(3)4;;;;;;/h;(H,2,3,4);;;;;;/q+2;;;;;;2*-1. The SMILES string of the molecule is O=[N+]([O-])O.[H-].[H-].[Mg+2].[SbH3]. The molecule has 0 radical (unpaired) electrons. The second-order valence-corrected chi connectivity index (χ2v) is 0.238. The van der Waals surface area contributed by atoms with Gasteiger partial charge < -0.3 is 8.06 Å². The first-order valence-corrected chi connectivity index (χ1v) is 0.565. The van der Waals surface area contributed by atoms with E-state index in [9.17, 15) is 0 Å². The van der Waals surface area contributed by atoms with E-state index in [1.165, 1.54) is 0 Å². The molecule has 0 aromatic carbocycles. The molecule has 0 aliphatic carbocycles. The van der Waals surface area contributed by atoms with Gasteiger partial charge in [0.25, 0.3) is 5.09 Å². The van der Waals surface area contributed by atoms with Crippen LogP contribution in [-0.4, -0.2) is 57.8 Å². The zero-order chi connectivity index (χ0) is 3.58. The van der Waals surface area contributed by atoms with Gasteiger partial charge >= 0.3 is 47.5 Å². The topological polar surface area (TPSA) is 63.4 Å². The van der Waals surface area contributed by atoms with Gasteiger partial charge in [-0.3, -0.25) is 0 Å². The Bertz CT molecular complexity index is 40.3. The van der Waals surface area contributed by atoms with Crippen molar-refractivity contribution in [2.45, 2.75) is 0 Å². The van der Waals surface area contributed by atoms with Crippen molar-refractivity contribution in [3.8, 4) is 0 Å². The maximum atomic E-state index is 8.36. The van der Waals surface area contributed by atoms with Crippen LogP contribution in [0, 0.1) is 10.1 Å². The van der Waals surface area contributed by atoms with E-state index in [4.69, 9.17) is 15.3 Å². The Balaban J connectivity index is -0.00000000750. The summed E-state index contributed by atoms with van der Waals surface area (Å²) in [6.45, 7) is 0. The monoisotopic (exact) mass is 213 g/mol. The van der Waals surface area contributed by atoms with Crippen LogP contribution in [0.1, 0.15) is 2.85 Å². The van der Waals surface area contributed by atoms with Crippen molar-refractivity contribution in [2.24, 2.45) is 0 Å². The molecular weight excluding hydrogens is 208 g/mol. The van der Waals surface area contributed by atoms with Gasteiger partial charge in [-0.2, -0.15) is 0 Å². The Labute approximate surface area is 70.6 Å². The fraction of sp³-hybridized carbons (Fsp3) is 0. The van der Waals surface area contributed by atoms with E-state index >= 15 is 0 Å². The van der Waals surface area contributed by atoms with Gasteiger partial charge in [-0.1, -0.05) is 0 Å². The first-order chi connectivity index (χ1) is 1.73. The Hall–Kier alpha value is 0.784. The van der Waals surface area contributed by atoms with E-state index in [-0.39, 0.29) is 50.3 Å². The molecule has 36 valence electrons. The molecule has 0 aliphatic heterocycles. The van der Waals surface area contributed by atoms with Crippen LogP contribution in [0.4, 0.5) is 0 Å². The third kappa shape index (κ3) is 111. The van der Waals surface area contributed by atoms with E-state index in [0.717, 1.165) is 0 Å². The Morgan fingerprint density at radius 2 is 1.83 bits per heavy atom. The summed E-state index contributed by atoms with van der Waals surface area (Å²) < 4.78 is 0. The van der Waals surface area contributed by atoms with E-state index in [1.807, 2.05) is 0 Å². The third-order valence-electron chi connectivity index (χ3n) is 0. The fourth-order valence-electron chi connectivity index (χ4n) is 0. The van der Waals surface area contributed by atoms with Crippen molar-refractivity contribution < 1.29 is 13.1 Å². The van der Waals surface area contributed by atoms with Gasteiger partial charge in [-0.05, 0) is 0 Å².